The molecule has 0 unspecified atom stereocenters. The zero-order valence-electron chi connectivity index (χ0n) is 14.7. The Kier molecular flexibility index (Phi) is 6.03. The number of amides is 1. The van der Waals surface area contributed by atoms with Gasteiger partial charge in [0, 0.05) is 25.4 Å². The second-order valence-corrected chi connectivity index (χ2v) is 7.10. The molecule has 2 rings (SSSR count). The van der Waals surface area contributed by atoms with E-state index in [-0.39, 0.29) is 17.8 Å². The highest BCUT2D eigenvalue weighted by atomic mass is 16.6. The Hall–Kier alpha value is -2.28. The van der Waals surface area contributed by atoms with E-state index in [0.29, 0.717) is 19.5 Å². The highest BCUT2D eigenvalue weighted by molar-refractivity contribution is 5.96. The average molecular weight is 327 g/mol. The summed E-state index contributed by atoms with van der Waals surface area (Å²) >= 11 is 0. The molecule has 128 valence electrons. The van der Waals surface area contributed by atoms with E-state index in [4.69, 9.17) is 4.74 Å². The minimum absolute atomic E-state index is 0.0595. The minimum atomic E-state index is -0.475. The van der Waals surface area contributed by atoms with Crippen LogP contribution in [0.3, 0.4) is 0 Å². The smallest absolute Gasteiger partial charge is 0.410 e. The van der Waals surface area contributed by atoms with Crippen LogP contribution in [-0.2, 0) is 16.0 Å². The van der Waals surface area contributed by atoms with Crippen molar-refractivity contribution in [2.24, 2.45) is 5.92 Å². The Morgan fingerprint density at radius 1 is 1.17 bits per heavy atom. The summed E-state index contributed by atoms with van der Waals surface area (Å²) in [6.07, 6.45) is 1.65. The molecule has 0 atom stereocenters. The highest BCUT2D eigenvalue weighted by Gasteiger charge is 2.26. The monoisotopic (exact) mass is 327 g/mol. The lowest BCUT2D eigenvalue weighted by molar-refractivity contribution is -0.113. The van der Waals surface area contributed by atoms with Crippen molar-refractivity contribution in [3.05, 3.63) is 35.9 Å². The van der Waals surface area contributed by atoms with Gasteiger partial charge in [0.05, 0.1) is 0 Å². The summed E-state index contributed by atoms with van der Waals surface area (Å²) in [7, 11) is 0. The summed E-state index contributed by atoms with van der Waals surface area (Å²) < 4.78 is 5.37. The Morgan fingerprint density at radius 3 is 2.38 bits per heavy atom. The molecule has 0 saturated carbocycles. The molecule has 0 N–H and O–H groups in total. The SMILES string of the molecule is CC(C)(C)OC(=O)N1CCC(C#CC(=O)Cc2ccccc2)CC1. The number of carbonyl (C=O) groups is 2. The molecule has 1 amide bonds. The second kappa shape index (κ2) is 8.01. The van der Waals surface area contributed by atoms with Crippen LogP contribution in [0.15, 0.2) is 30.3 Å². The fourth-order valence-corrected chi connectivity index (χ4v) is 2.54. The molecule has 1 heterocycles. The topological polar surface area (TPSA) is 46.6 Å². The molecule has 1 aliphatic rings. The molecular formula is C20H25NO3. The summed E-state index contributed by atoms with van der Waals surface area (Å²) in [4.78, 5) is 25.6. The van der Waals surface area contributed by atoms with Crippen LogP contribution in [0, 0.1) is 17.8 Å². The lowest BCUT2D eigenvalue weighted by atomic mass is 9.97. The number of piperidine rings is 1. The van der Waals surface area contributed by atoms with Gasteiger partial charge < -0.3 is 9.64 Å². The first-order valence-electron chi connectivity index (χ1n) is 8.40. The van der Waals surface area contributed by atoms with Gasteiger partial charge in [0.2, 0.25) is 5.78 Å². The lowest BCUT2D eigenvalue weighted by Crippen LogP contribution is -2.41. The van der Waals surface area contributed by atoms with E-state index < -0.39 is 5.60 Å². The quantitative estimate of drug-likeness (QED) is 0.617. The summed E-state index contributed by atoms with van der Waals surface area (Å²) in [5, 5.41) is 0. The summed E-state index contributed by atoms with van der Waals surface area (Å²) in [6.45, 7) is 6.84. The van der Waals surface area contributed by atoms with Crippen LogP contribution < -0.4 is 0 Å². The van der Waals surface area contributed by atoms with Gasteiger partial charge in [-0.3, -0.25) is 4.79 Å². The van der Waals surface area contributed by atoms with Crippen molar-refractivity contribution in [3.63, 3.8) is 0 Å². The van der Waals surface area contributed by atoms with Gasteiger partial charge in [-0.2, -0.15) is 0 Å². The Bertz CT molecular complexity index is 626. The first-order valence-corrected chi connectivity index (χ1v) is 8.40. The van der Waals surface area contributed by atoms with E-state index in [1.54, 1.807) is 4.90 Å². The maximum atomic E-state index is 12.0. The molecular weight excluding hydrogens is 302 g/mol. The molecule has 1 aliphatic heterocycles. The van der Waals surface area contributed by atoms with Gasteiger partial charge in [0.15, 0.2) is 0 Å². The summed E-state index contributed by atoms with van der Waals surface area (Å²) in [5.74, 6) is 5.94. The minimum Gasteiger partial charge on any atom is -0.444 e. The van der Waals surface area contributed by atoms with Gasteiger partial charge in [0.25, 0.3) is 0 Å². The van der Waals surface area contributed by atoms with E-state index in [9.17, 15) is 9.59 Å². The van der Waals surface area contributed by atoms with Gasteiger partial charge in [0.1, 0.15) is 5.60 Å². The number of nitrogens with zero attached hydrogens (tertiary/aromatic N) is 1. The Labute approximate surface area is 144 Å². The van der Waals surface area contributed by atoms with Crippen LogP contribution in [0.25, 0.3) is 0 Å². The van der Waals surface area contributed by atoms with Crippen molar-refractivity contribution < 1.29 is 14.3 Å². The van der Waals surface area contributed by atoms with Crippen molar-refractivity contribution in [1.82, 2.24) is 4.90 Å². The van der Waals surface area contributed by atoms with Crippen LogP contribution in [0.4, 0.5) is 4.79 Å². The second-order valence-electron chi connectivity index (χ2n) is 7.10. The zero-order valence-corrected chi connectivity index (χ0v) is 14.7. The maximum Gasteiger partial charge on any atom is 0.410 e. The van der Waals surface area contributed by atoms with E-state index in [0.717, 1.165) is 18.4 Å². The third-order valence-corrected chi connectivity index (χ3v) is 3.77. The Balaban J connectivity index is 1.79. The largest absolute Gasteiger partial charge is 0.444 e. The maximum absolute atomic E-state index is 12.0. The van der Waals surface area contributed by atoms with E-state index in [2.05, 4.69) is 11.8 Å². The van der Waals surface area contributed by atoms with Crippen molar-refractivity contribution in [2.45, 2.75) is 45.6 Å². The summed E-state index contributed by atoms with van der Waals surface area (Å²) in [5.41, 5.74) is 0.508. The number of likely N-dealkylation sites (tertiary alicyclic amines) is 1. The predicted molar refractivity (Wildman–Crippen MR) is 93.5 cm³/mol. The van der Waals surface area contributed by atoms with Crippen LogP contribution >= 0.6 is 0 Å². The number of hydrogen-bond donors (Lipinski definition) is 0. The van der Waals surface area contributed by atoms with Crippen LogP contribution in [0.5, 0.6) is 0 Å². The number of rotatable bonds is 2. The lowest BCUT2D eigenvalue weighted by Gasteiger charge is -2.31. The first kappa shape index (κ1) is 18.1. The Morgan fingerprint density at radius 2 is 1.79 bits per heavy atom. The van der Waals surface area contributed by atoms with E-state index >= 15 is 0 Å². The number of ketones is 1. The van der Waals surface area contributed by atoms with Crippen molar-refractivity contribution in [1.29, 1.82) is 0 Å². The molecule has 1 aromatic carbocycles. The third kappa shape index (κ3) is 6.08. The molecule has 0 radical (unpaired) electrons. The third-order valence-electron chi connectivity index (χ3n) is 3.77. The molecule has 0 bridgehead atoms. The first-order chi connectivity index (χ1) is 11.3. The van der Waals surface area contributed by atoms with E-state index in [1.807, 2.05) is 51.1 Å². The van der Waals surface area contributed by atoms with Crippen LogP contribution in [0.2, 0.25) is 0 Å². The number of Topliss-reactive ketones (excluding diaryl/α,β-unsaturated/α-hetero) is 1. The van der Waals surface area contributed by atoms with Gasteiger partial charge in [-0.15, -0.1) is 0 Å². The number of ether oxygens (including phenoxy) is 1. The van der Waals surface area contributed by atoms with Crippen LogP contribution in [-0.4, -0.2) is 35.5 Å². The van der Waals surface area contributed by atoms with Crippen molar-refractivity contribution in [2.75, 3.05) is 13.1 Å². The fraction of sp³-hybridized carbons (Fsp3) is 0.500. The van der Waals surface area contributed by atoms with Crippen molar-refractivity contribution >= 4 is 11.9 Å². The molecule has 1 saturated heterocycles. The molecule has 0 aliphatic carbocycles. The van der Waals surface area contributed by atoms with Gasteiger partial charge >= 0.3 is 6.09 Å². The van der Waals surface area contributed by atoms with Gasteiger partial charge in [-0.1, -0.05) is 36.3 Å². The molecule has 0 aromatic heterocycles. The predicted octanol–water partition coefficient (Wildman–Crippen LogP) is 3.45. The zero-order chi connectivity index (χ0) is 17.6. The number of carbonyl (C=O) groups excluding carboxylic acids is 2. The van der Waals surface area contributed by atoms with Crippen LogP contribution in [0.1, 0.15) is 39.2 Å². The molecule has 0 spiro atoms. The molecule has 4 nitrogen and oxygen atoms in total. The normalized spacial score (nSPS) is 15.4. The highest BCUT2D eigenvalue weighted by Crippen LogP contribution is 2.19. The number of hydrogen-bond acceptors (Lipinski definition) is 3. The van der Waals surface area contributed by atoms with Gasteiger partial charge in [-0.05, 0) is 45.1 Å². The van der Waals surface area contributed by atoms with Gasteiger partial charge in [-0.25, -0.2) is 4.79 Å². The summed E-state index contributed by atoms with van der Waals surface area (Å²) in [6, 6.07) is 9.63. The van der Waals surface area contributed by atoms with Crippen molar-refractivity contribution in [3.8, 4) is 11.8 Å². The standard InChI is InChI=1S/C20H25NO3/c1-20(2,3)24-19(23)21-13-11-16(12-14-21)9-10-18(22)15-17-7-5-4-6-8-17/h4-8,16H,11-15H2,1-3H3. The molecule has 24 heavy (non-hydrogen) atoms. The molecule has 1 fully saturated rings. The molecule has 4 heteroatoms. The fourth-order valence-electron chi connectivity index (χ4n) is 2.54. The molecule has 1 aromatic rings. The number of benzene rings is 1. The van der Waals surface area contributed by atoms with E-state index in [1.165, 1.54) is 0 Å². The average Bonchev–Trinajstić information content (AvgIpc) is 2.53.